The molecule has 2 aromatic heterocycles. The van der Waals surface area contributed by atoms with Crippen molar-refractivity contribution < 1.29 is 0 Å². The van der Waals surface area contributed by atoms with E-state index in [1.54, 1.807) is 13.2 Å². The number of nitrogens with one attached hydrogen (secondary N) is 1. The highest BCUT2D eigenvalue weighted by Crippen LogP contribution is 2.21. The van der Waals surface area contributed by atoms with Crippen molar-refractivity contribution in [3.05, 3.63) is 34.4 Å². The number of anilines is 1. The average molecular weight is 232 g/mol. The van der Waals surface area contributed by atoms with Crippen LogP contribution in [0.15, 0.2) is 23.1 Å². The lowest BCUT2D eigenvalue weighted by molar-refractivity contribution is 0.731. The third-order valence-electron chi connectivity index (χ3n) is 2.72. The normalized spacial score (nSPS) is 10.6. The molecule has 1 N–H and O–H groups in total. The maximum absolute atomic E-state index is 12.0. The van der Waals surface area contributed by atoms with Crippen LogP contribution in [0.5, 0.6) is 0 Å². The molecule has 0 saturated heterocycles. The molecule has 0 aliphatic carbocycles. The van der Waals surface area contributed by atoms with Crippen molar-refractivity contribution in [2.45, 2.75) is 6.92 Å². The molecule has 0 spiro atoms. The van der Waals surface area contributed by atoms with Gasteiger partial charge in [-0.15, -0.1) is 0 Å². The number of aromatic nitrogens is 3. The maximum atomic E-state index is 12.0. The summed E-state index contributed by atoms with van der Waals surface area (Å²) in [4.78, 5) is 18.1. The molecule has 0 amide bonds. The third-order valence-corrected chi connectivity index (χ3v) is 2.72. The van der Waals surface area contributed by atoms with Crippen LogP contribution in [0.25, 0.3) is 11.1 Å². The summed E-state index contributed by atoms with van der Waals surface area (Å²) in [7, 11) is 5.56. The molecule has 0 saturated carbocycles. The van der Waals surface area contributed by atoms with Gasteiger partial charge >= 0.3 is 0 Å². The SMILES string of the molecule is Cc1[nH]n(C)c(=O)c1-c1ccnc(N(C)C)c1. The van der Waals surface area contributed by atoms with Crippen LogP contribution in [0.4, 0.5) is 5.82 Å². The Morgan fingerprint density at radius 1 is 1.41 bits per heavy atom. The van der Waals surface area contributed by atoms with Crippen LogP contribution in [0.3, 0.4) is 0 Å². The van der Waals surface area contributed by atoms with Gasteiger partial charge in [-0.2, -0.15) is 0 Å². The smallest absolute Gasteiger partial charge is 0.274 e. The lowest BCUT2D eigenvalue weighted by atomic mass is 10.1. The number of aryl methyl sites for hydroxylation is 2. The van der Waals surface area contributed by atoms with Gasteiger partial charge in [0.1, 0.15) is 5.82 Å². The first-order chi connectivity index (χ1) is 8.00. The number of pyridine rings is 1. The van der Waals surface area contributed by atoms with Crippen LogP contribution >= 0.6 is 0 Å². The Morgan fingerprint density at radius 2 is 2.12 bits per heavy atom. The van der Waals surface area contributed by atoms with Gasteiger partial charge < -0.3 is 4.90 Å². The zero-order valence-electron chi connectivity index (χ0n) is 10.5. The van der Waals surface area contributed by atoms with Gasteiger partial charge in [0.25, 0.3) is 5.56 Å². The number of aromatic amines is 1. The van der Waals surface area contributed by atoms with Gasteiger partial charge in [-0.3, -0.25) is 14.6 Å². The Balaban J connectivity index is 2.61. The second kappa shape index (κ2) is 4.08. The van der Waals surface area contributed by atoms with Crippen LogP contribution in [-0.4, -0.2) is 28.9 Å². The average Bonchev–Trinajstić information content (AvgIpc) is 2.53. The molecule has 90 valence electrons. The number of hydrogen-bond acceptors (Lipinski definition) is 3. The van der Waals surface area contributed by atoms with E-state index in [1.165, 1.54) is 4.68 Å². The monoisotopic (exact) mass is 232 g/mol. The molecule has 5 nitrogen and oxygen atoms in total. The summed E-state index contributed by atoms with van der Waals surface area (Å²) in [5.41, 5.74) is 2.45. The molecule has 0 aliphatic rings. The van der Waals surface area contributed by atoms with Crippen LogP contribution in [0.2, 0.25) is 0 Å². The van der Waals surface area contributed by atoms with Crippen molar-refractivity contribution in [3.8, 4) is 11.1 Å². The number of nitrogens with zero attached hydrogens (tertiary/aromatic N) is 3. The van der Waals surface area contributed by atoms with Crippen LogP contribution in [0.1, 0.15) is 5.69 Å². The summed E-state index contributed by atoms with van der Waals surface area (Å²) in [6.07, 6.45) is 1.72. The van der Waals surface area contributed by atoms with Gasteiger partial charge in [0.2, 0.25) is 0 Å². The van der Waals surface area contributed by atoms with Gasteiger partial charge in [0.05, 0.1) is 5.56 Å². The van der Waals surface area contributed by atoms with Gasteiger partial charge in [0.15, 0.2) is 0 Å². The summed E-state index contributed by atoms with van der Waals surface area (Å²) in [5.74, 6) is 0.838. The molecule has 2 heterocycles. The molecule has 0 aromatic carbocycles. The van der Waals surface area contributed by atoms with E-state index in [4.69, 9.17) is 0 Å². The Morgan fingerprint density at radius 3 is 2.65 bits per heavy atom. The van der Waals surface area contributed by atoms with Crippen LogP contribution < -0.4 is 10.5 Å². The fourth-order valence-corrected chi connectivity index (χ4v) is 1.84. The van der Waals surface area contributed by atoms with Gasteiger partial charge in [-0.1, -0.05) is 0 Å². The molecule has 0 radical (unpaired) electrons. The molecule has 5 heteroatoms. The first kappa shape index (κ1) is 11.4. The lowest BCUT2D eigenvalue weighted by Crippen LogP contribution is -2.14. The summed E-state index contributed by atoms with van der Waals surface area (Å²) < 4.78 is 1.49. The molecule has 17 heavy (non-hydrogen) atoms. The summed E-state index contributed by atoms with van der Waals surface area (Å²) in [5, 5.41) is 2.99. The minimum Gasteiger partial charge on any atom is -0.363 e. The van der Waals surface area contributed by atoms with E-state index in [-0.39, 0.29) is 5.56 Å². The van der Waals surface area contributed by atoms with E-state index < -0.39 is 0 Å². The van der Waals surface area contributed by atoms with Gasteiger partial charge in [-0.25, -0.2) is 4.98 Å². The van der Waals surface area contributed by atoms with Crippen molar-refractivity contribution in [3.63, 3.8) is 0 Å². The molecule has 0 unspecified atom stereocenters. The number of H-pyrrole nitrogens is 1. The lowest BCUT2D eigenvalue weighted by Gasteiger charge is -2.11. The second-order valence-electron chi connectivity index (χ2n) is 4.27. The van der Waals surface area contributed by atoms with E-state index in [2.05, 4.69) is 10.1 Å². The van der Waals surface area contributed by atoms with Crippen molar-refractivity contribution >= 4 is 5.82 Å². The topological polar surface area (TPSA) is 53.9 Å². The van der Waals surface area contributed by atoms with Gasteiger partial charge in [-0.05, 0) is 24.6 Å². The summed E-state index contributed by atoms with van der Waals surface area (Å²) in [6.45, 7) is 1.90. The largest absolute Gasteiger partial charge is 0.363 e. The molecule has 0 aliphatic heterocycles. The Bertz CT molecular complexity index is 595. The quantitative estimate of drug-likeness (QED) is 0.845. The first-order valence-electron chi connectivity index (χ1n) is 5.40. The molecule has 0 bridgehead atoms. The number of rotatable bonds is 2. The van der Waals surface area contributed by atoms with E-state index in [1.807, 2.05) is 38.1 Å². The van der Waals surface area contributed by atoms with Crippen molar-refractivity contribution in [1.82, 2.24) is 14.8 Å². The van der Waals surface area contributed by atoms with Crippen LogP contribution in [-0.2, 0) is 7.05 Å². The first-order valence-corrected chi connectivity index (χ1v) is 5.40. The summed E-state index contributed by atoms with van der Waals surface area (Å²) in [6, 6.07) is 3.77. The summed E-state index contributed by atoms with van der Waals surface area (Å²) >= 11 is 0. The second-order valence-corrected chi connectivity index (χ2v) is 4.27. The minimum atomic E-state index is -0.0154. The van der Waals surface area contributed by atoms with Crippen molar-refractivity contribution in [1.29, 1.82) is 0 Å². The predicted molar refractivity (Wildman–Crippen MR) is 68.3 cm³/mol. The van der Waals surface area contributed by atoms with Crippen molar-refractivity contribution in [2.24, 2.45) is 7.05 Å². The highest BCUT2D eigenvalue weighted by atomic mass is 16.1. The molecule has 0 atom stereocenters. The van der Waals surface area contributed by atoms with E-state index >= 15 is 0 Å². The highest BCUT2D eigenvalue weighted by molar-refractivity contribution is 5.67. The number of hydrogen-bond donors (Lipinski definition) is 1. The molecule has 0 fully saturated rings. The standard InChI is InChI=1S/C12H16N4O/c1-8-11(12(17)16(4)14-8)9-5-6-13-10(7-9)15(2)3/h5-7,14H,1-4H3. The zero-order chi connectivity index (χ0) is 12.6. The Kier molecular flexibility index (Phi) is 2.75. The fraction of sp³-hybridized carbons (Fsp3) is 0.333. The predicted octanol–water partition coefficient (Wildman–Crippen LogP) is 1.15. The maximum Gasteiger partial charge on any atom is 0.274 e. The third kappa shape index (κ3) is 1.95. The highest BCUT2D eigenvalue weighted by Gasteiger charge is 2.12. The van der Waals surface area contributed by atoms with Crippen molar-refractivity contribution in [2.75, 3.05) is 19.0 Å². The molecule has 2 aromatic rings. The van der Waals surface area contributed by atoms with Gasteiger partial charge in [0, 0.05) is 33.0 Å². The minimum absolute atomic E-state index is 0.0154. The van der Waals surface area contributed by atoms with E-state index in [0.717, 1.165) is 17.1 Å². The van der Waals surface area contributed by atoms with E-state index in [0.29, 0.717) is 5.56 Å². The fourth-order valence-electron chi connectivity index (χ4n) is 1.84. The molecular formula is C12H16N4O. The van der Waals surface area contributed by atoms with Crippen LogP contribution in [0, 0.1) is 6.92 Å². The zero-order valence-corrected chi connectivity index (χ0v) is 10.5. The molecule has 2 rings (SSSR count). The van der Waals surface area contributed by atoms with E-state index in [9.17, 15) is 4.79 Å². The Labute approximate surface area is 99.7 Å². The molecular weight excluding hydrogens is 216 g/mol. The Hall–Kier alpha value is -2.04.